The number of rotatable bonds is 4. The summed E-state index contributed by atoms with van der Waals surface area (Å²) in [5.74, 6) is 0.409. The number of unbranched alkanes of at least 4 members (excludes halogenated alkanes) is 1. The number of aromatic nitrogens is 2. The van der Waals surface area contributed by atoms with Crippen molar-refractivity contribution < 1.29 is 9.53 Å². The molecule has 0 aromatic carbocycles. The highest BCUT2D eigenvalue weighted by atomic mass is 16.6. The number of amides is 1. The molecular weight excluding hydrogens is 256 g/mol. The van der Waals surface area contributed by atoms with Crippen LogP contribution < -0.4 is 5.73 Å². The number of nitrogens with two attached hydrogens (primary N) is 1. The number of anilines is 1. The first-order valence-electron chi connectivity index (χ1n) is 6.91. The third-order valence-electron chi connectivity index (χ3n) is 3.20. The van der Waals surface area contributed by atoms with E-state index in [9.17, 15) is 4.79 Å². The van der Waals surface area contributed by atoms with Crippen LogP contribution in [0.4, 0.5) is 10.6 Å². The smallest absolute Gasteiger partial charge is 0.410 e. The Morgan fingerprint density at radius 2 is 2.30 bits per heavy atom. The lowest BCUT2D eigenvalue weighted by Crippen LogP contribution is -2.35. The van der Waals surface area contributed by atoms with Gasteiger partial charge >= 0.3 is 6.09 Å². The molecule has 20 heavy (non-hydrogen) atoms. The minimum absolute atomic E-state index is 0.239. The van der Waals surface area contributed by atoms with Crippen molar-refractivity contribution >= 4 is 17.5 Å². The van der Waals surface area contributed by atoms with Crippen molar-refractivity contribution in [2.75, 3.05) is 25.4 Å². The first-order chi connectivity index (χ1) is 9.70. The summed E-state index contributed by atoms with van der Waals surface area (Å²) in [5, 5.41) is 7.89. The van der Waals surface area contributed by atoms with Crippen molar-refractivity contribution in [2.45, 2.75) is 26.2 Å². The highest BCUT2D eigenvalue weighted by molar-refractivity contribution is 5.71. The summed E-state index contributed by atoms with van der Waals surface area (Å²) < 4.78 is 5.19. The Balaban J connectivity index is 1.89. The Kier molecular flexibility index (Phi) is 4.92. The fourth-order valence-corrected chi connectivity index (χ4v) is 1.98. The first kappa shape index (κ1) is 14.3. The molecule has 2 heterocycles. The van der Waals surface area contributed by atoms with Crippen LogP contribution >= 0.6 is 0 Å². The molecule has 0 aliphatic carbocycles. The van der Waals surface area contributed by atoms with Crippen LogP contribution in [0.25, 0.3) is 5.57 Å². The average Bonchev–Trinajstić information content (AvgIpc) is 2.48. The van der Waals surface area contributed by atoms with Gasteiger partial charge in [-0.15, -0.1) is 10.2 Å². The largest absolute Gasteiger partial charge is 0.449 e. The summed E-state index contributed by atoms with van der Waals surface area (Å²) in [6.45, 7) is 3.75. The summed E-state index contributed by atoms with van der Waals surface area (Å²) in [6.07, 6.45) is 4.43. The third-order valence-corrected chi connectivity index (χ3v) is 3.20. The van der Waals surface area contributed by atoms with E-state index in [0.29, 0.717) is 25.5 Å². The molecule has 0 saturated heterocycles. The molecule has 0 unspecified atom stereocenters. The molecule has 0 saturated carbocycles. The third kappa shape index (κ3) is 3.69. The van der Waals surface area contributed by atoms with Crippen LogP contribution in [0.15, 0.2) is 18.2 Å². The van der Waals surface area contributed by atoms with E-state index in [4.69, 9.17) is 10.5 Å². The molecule has 2 rings (SSSR count). The fraction of sp³-hybridized carbons (Fsp3) is 0.500. The molecule has 0 atom stereocenters. The Bertz CT molecular complexity index is 484. The quantitative estimate of drug-likeness (QED) is 0.851. The summed E-state index contributed by atoms with van der Waals surface area (Å²) in [5.41, 5.74) is 7.42. The van der Waals surface area contributed by atoms with Gasteiger partial charge in [-0.2, -0.15) is 0 Å². The second-order valence-electron chi connectivity index (χ2n) is 4.74. The minimum atomic E-state index is -0.239. The standard InChI is InChI=1S/C14H20N4O2/c1-2-3-10-20-14(19)18-8-6-11(7-9-18)12-4-5-13(15)17-16-12/h4-6H,2-3,7-10H2,1H3,(H2,15,17). The lowest BCUT2D eigenvalue weighted by atomic mass is 10.1. The van der Waals surface area contributed by atoms with E-state index in [-0.39, 0.29) is 6.09 Å². The highest BCUT2D eigenvalue weighted by Crippen LogP contribution is 2.20. The van der Waals surface area contributed by atoms with Gasteiger partial charge in [0.1, 0.15) is 5.82 Å². The lowest BCUT2D eigenvalue weighted by Gasteiger charge is -2.25. The molecule has 1 aromatic heterocycles. The Morgan fingerprint density at radius 1 is 1.45 bits per heavy atom. The molecule has 6 heteroatoms. The summed E-state index contributed by atoms with van der Waals surface area (Å²) in [7, 11) is 0. The van der Waals surface area contributed by atoms with Crippen LogP contribution in [-0.2, 0) is 4.74 Å². The number of ether oxygens (including phenoxy) is 1. The molecule has 108 valence electrons. The van der Waals surface area contributed by atoms with Gasteiger partial charge in [0.15, 0.2) is 0 Å². The van der Waals surface area contributed by atoms with Gasteiger partial charge in [-0.25, -0.2) is 4.79 Å². The van der Waals surface area contributed by atoms with E-state index in [2.05, 4.69) is 17.1 Å². The van der Waals surface area contributed by atoms with Gasteiger partial charge in [-0.3, -0.25) is 0 Å². The fourth-order valence-electron chi connectivity index (χ4n) is 1.98. The van der Waals surface area contributed by atoms with Crippen LogP contribution in [0, 0.1) is 0 Å². The van der Waals surface area contributed by atoms with E-state index in [0.717, 1.165) is 30.5 Å². The van der Waals surface area contributed by atoms with Crippen molar-refractivity contribution in [1.29, 1.82) is 0 Å². The van der Waals surface area contributed by atoms with Gasteiger partial charge in [0.05, 0.1) is 12.3 Å². The maximum Gasteiger partial charge on any atom is 0.410 e. The Hall–Kier alpha value is -2.11. The summed E-state index contributed by atoms with van der Waals surface area (Å²) in [4.78, 5) is 13.5. The molecule has 0 fully saturated rings. The highest BCUT2D eigenvalue weighted by Gasteiger charge is 2.19. The van der Waals surface area contributed by atoms with Crippen LogP contribution in [-0.4, -0.2) is 40.9 Å². The molecule has 1 aromatic rings. The van der Waals surface area contributed by atoms with Crippen LogP contribution in [0.2, 0.25) is 0 Å². The Labute approximate surface area is 118 Å². The second kappa shape index (κ2) is 6.88. The van der Waals surface area contributed by atoms with E-state index < -0.39 is 0 Å². The van der Waals surface area contributed by atoms with Crippen LogP contribution in [0.3, 0.4) is 0 Å². The number of nitrogen functional groups attached to an aromatic ring is 1. The molecule has 2 N–H and O–H groups in total. The molecule has 6 nitrogen and oxygen atoms in total. The molecule has 0 spiro atoms. The van der Waals surface area contributed by atoms with Crippen molar-refractivity contribution in [2.24, 2.45) is 0 Å². The zero-order chi connectivity index (χ0) is 14.4. The molecular formula is C14H20N4O2. The van der Waals surface area contributed by atoms with Gasteiger partial charge in [0, 0.05) is 13.1 Å². The molecule has 0 bridgehead atoms. The Morgan fingerprint density at radius 3 is 2.90 bits per heavy atom. The molecule has 1 amide bonds. The van der Waals surface area contributed by atoms with Gasteiger partial charge in [-0.05, 0) is 30.5 Å². The maximum atomic E-state index is 11.8. The van der Waals surface area contributed by atoms with Gasteiger partial charge < -0.3 is 15.4 Å². The van der Waals surface area contributed by atoms with Crippen molar-refractivity contribution in [3.8, 4) is 0 Å². The average molecular weight is 276 g/mol. The molecule has 1 aliphatic rings. The second-order valence-corrected chi connectivity index (χ2v) is 4.74. The number of hydrogen-bond donors (Lipinski definition) is 1. The number of nitrogens with zero attached hydrogens (tertiary/aromatic N) is 3. The maximum absolute atomic E-state index is 11.8. The van der Waals surface area contributed by atoms with E-state index in [1.54, 1.807) is 11.0 Å². The summed E-state index contributed by atoms with van der Waals surface area (Å²) in [6, 6.07) is 3.58. The lowest BCUT2D eigenvalue weighted by molar-refractivity contribution is 0.105. The van der Waals surface area contributed by atoms with Gasteiger partial charge in [0.2, 0.25) is 0 Å². The van der Waals surface area contributed by atoms with Crippen LogP contribution in [0.5, 0.6) is 0 Å². The number of carbonyl (C=O) groups is 1. The normalized spacial score (nSPS) is 14.8. The van der Waals surface area contributed by atoms with E-state index in [1.165, 1.54) is 0 Å². The van der Waals surface area contributed by atoms with E-state index in [1.807, 2.05) is 12.1 Å². The van der Waals surface area contributed by atoms with E-state index >= 15 is 0 Å². The summed E-state index contributed by atoms with van der Waals surface area (Å²) >= 11 is 0. The predicted molar refractivity (Wildman–Crippen MR) is 76.9 cm³/mol. The van der Waals surface area contributed by atoms with Crippen LogP contribution in [0.1, 0.15) is 31.9 Å². The predicted octanol–water partition coefficient (Wildman–Crippen LogP) is 2.08. The van der Waals surface area contributed by atoms with Gasteiger partial charge in [-0.1, -0.05) is 19.4 Å². The number of carbonyl (C=O) groups excluding carboxylic acids is 1. The monoisotopic (exact) mass is 276 g/mol. The van der Waals surface area contributed by atoms with Crippen molar-refractivity contribution in [3.05, 3.63) is 23.9 Å². The minimum Gasteiger partial charge on any atom is -0.449 e. The topological polar surface area (TPSA) is 81.3 Å². The number of hydrogen-bond acceptors (Lipinski definition) is 5. The van der Waals surface area contributed by atoms with Crippen molar-refractivity contribution in [1.82, 2.24) is 15.1 Å². The first-order valence-corrected chi connectivity index (χ1v) is 6.91. The zero-order valence-electron chi connectivity index (χ0n) is 11.7. The SMILES string of the molecule is CCCCOC(=O)N1CC=C(c2ccc(N)nn2)CC1. The van der Waals surface area contributed by atoms with Gasteiger partial charge in [0.25, 0.3) is 0 Å². The molecule has 0 radical (unpaired) electrons. The molecule has 1 aliphatic heterocycles. The zero-order valence-corrected chi connectivity index (χ0v) is 11.7. The van der Waals surface area contributed by atoms with Crippen molar-refractivity contribution in [3.63, 3.8) is 0 Å².